The van der Waals surface area contributed by atoms with Gasteiger partial charge in [-0.15, -0.1) is 0 Å². The van der Waals surface area contributed by atoms with Gasteiger partial charge in [-0.1, -0.05) is 46.3 Å². The summed E-state index contributed by atoms with van der Waals surface area (Å²) >= 11 is 0. The molecule has 0 spiro atoms. The van der Waals surface area contributed by atoms with Gasteiger partial charge in [0.1, 0.15) is 48.8 Å². The summed E-state index contributed by atoms with van der Waals surface area (Å²) in [6.45, 7) is 16.6. The largest absolute Gasteiger partial charge is 0.394 e. The van der Waals surface area contributed by atoms with Crippen molar-refractivity contribution < 1.29 is 64.9 Å². The molecule has 13 nitrogen and oxygen atoms in total. The molecule has 0 bridgehead atoms. The van der Waals surface area contributed by atoms with E-state index >= 15 is 0 Å². The average molecular weight is 785 g/mol. The van der Waals surface area contributed by atoms with E-state index in [2.05, 4.69) is 40.7 Å². The molecule has 4 aliphatic carbocycles. The zero-order valence-corrected chi connectivity index (χ0v) is 34.3. The van der Waals surface area contributed by atoms with Crippen molar-refractivity contribution in [1.82, 2.24) is 0 Å². The fourth-order valence-corrected chi connectivity index (χ4v) is 13.4. The second-order valence-corrected chi connectivity index (χ2v) is 20.1. The van der Waals surface area contributed by atoms with E-state index in [4.69, 9.17) is 18.9 Å². The summed E-state index contributed by atoms with van der Waals surface area (Å²) < 4.78 is 24.9. The third-order valence-electron chi connectivity index (χ3n) is 16.7. The Hall–Kier alpha value is -0.780. The zero-order valence-electron chi connectivity index (χ0n) is 34.3. The van der Waals surface area contributed by atoms with E-state index in [1.807, 2.05) is 20.8 Å². The lowest BCUT2D eigenvalue weighted by Crippen LogP contribution is -2.67. The Labute approximate surface area is 327 Å². The quantitative estimate of drug-likeness (QED) is 0.115. The van der Waals surface area contributed by atoms with Gasteiger partial charge in [0.25, 0.3) is 0 Å². The number of allylic oxidation sites excluding steroid dienone is 2. The molecule has 4 saturated carbocycles. The minimum atomic E-state index is -1.55. The highest BCUT2D eigenvalue weighted by Crippen LogP contribution is 2.76. The summed E-state index contributed by atoms with van der Waals surface area (Å²) in [4.78, 5) is 0. The van der Waals surface area contributed by atoms with E-state index in [1.165, 1.54) is 5.57 Å². The molecular formula is C42H72O13. The topological polar surface area (TPSA) is 219 Å². The van der Waals surface area contributed by atoms with Crippen LogP contribution >= 0.6 is 0 Å². The molecule has 6 aliphatic rings. The van der Waals surface area contributed by atoms with Gasteiger partial charge in [-0.25, -0.2) is 0 Å². The van der Waals surface area contributed by atoms with Crippen molar-refractivity contribution in [3.63, 3.8) is 0 Å². The first-order valence-electron chi connectivity index (χ1n) is 20.9. The number of fused-ring (bicyclic) bond motifs is 5. The highest BCUT2D eigenvalue weighted by molar-refractivity contribution is 5.20. The van der Waals surface area contributed by atoms with E-state index in [-0.39, 0.29) is 51.4 Å². The standard InChI is InChI=1S/C42H72O13/c1-21(2)10-9-14-42(8,55-37-35(51)33(49)31(47)25(20-44)53-37)22-11-16-41(7)29(22)23(45)18-27-39(5)15-13-28(38(3,4)26(39)12-17-40(27,41)6)54-36-34(50)32(48)30(46)24(19-43)52-36/h10,22-37,43-51H,9,11-20H2,1-8H3/t22?,23?,24?,25?,26?,27?,28?,29?,30?,31?,32?,33?,34?,35?,36?,37?,39?,40?,41-,42+/m1/s1. The first-order valence-corrected chi connectivity index (χ1v) is 20.9. The van der Waals surface area contributed by atoms with Crippen LogP contribution < -0.4 is 0 Å². The van der Waals surface area contributed by atoms with Gasteiger partial charge in [0, 0.05) is 0 Å². The minimum absolute atomic E-state index is 0.104. The number of rotatable bonds is 10. The van der Waals surface area contributed by atoms with Gasteiger partial charge < -0.3 is 64.9 Å². The monoisotopic (exact) mass is 784 g/mol. The van der Waals surface area contributed by atoms with Crippen LogP contribution in [0.4, 0.5) is 0 Å². The van der Waals surface area contributed by atoms with Gasteiger partial charge in [0.15, 0.2) is 12.6 Å². The molecule has 6 fully saturated rings. The SMILES string of the molecule is CC(C)=CCC[C@](C)(OC1OC(CO)C(O)C(O)C1O)C1CC[C@]2(C)C1C(O)CC1C3(C)CCC(OC4OC(CO)C(O)C(O)C4O)C(C)(C)C3CCC12C. The summed E-state index contributed by atoms with van der Waals surface area (Å²) in [7, 11) is 0. The maximum atomic E-state index is 12.5. The zero-order chi connectivity index (χ0) is 40.6. The number of aliphatic hydroxyl groups excluding tert-OH is 9. The van der Waals surface area contributed by atoms with Crippen LogP contribution in [0, 0.1) is 45.3 Å². The van der Waals surface area contributed by atoms with Crippen molar-refractivity contribution >= 4 is 0 Å². The average Bonchev–Trinajstić information content (AvgIpc) is 3.51. The van der Waals surface area contributed by atoms with Crippen LogP contribution in [0.2, 0.25) is 0 Å². The van der Waals surface area contributed by atoms with Gasteiger partial charge >= 0.3 is 0 Å². The van der Waals surface area contributed by atoms with E-state index in [1.54, 1.807) is 0 Å². The van der Waals surface area contributed by atoms with Crippen molar-refractivity contribution in [2.75, 3.05) is 13.2 Å². The van der Waals surface area contributed by atoms with Gasteiger partial charge in [0.05, 0.1) is 31.0 Å². The number of hydrogen-bond donors (Lipinski definition) is 9. The molecular weight excluding hydrogens is 712 g/mol. The summed E-state index contributed by atoms with van der Waals surface area (Å²) in [5, 5.41) is 95.9. The number of aliphatic hydroxyl groups is 9. The lowest BCUT2D eigenvalue weighted by atomic mass is 9.35. The van der Waals surface area contributed by atoms with Crippen LogP contribution in [-0.2, 0) is 18.9 Å². The van der Waals surface area contributed by atoms with Crippen LogP contribution in [0.3, 0.4) is 0 Å². The minimum Gasteiger partial charge on any atom is -0.394 e. The molecule has 0 radical (unpaired) electrons. The molecule has 0 aromatic heterocycles. The lowest BCUT2D eigenvalue weighted by Gasteiger charge is -2.71. The molecule has 13 heteroatoms. The molecule has 0 amide bonds. The predicted molar refractivity (Wildman–Crippen MR) is 201 cm³/mol. The van der Waals surface area contributed by atoms with Gasteiger partial charge in [0.2, 0.25) is 0 Å². The normalized spacial score (nSPS) is 52.0. The first kappa shape index (κ1) is 43.8. The molecule has 2 saturated heterocycles. The van der Waals surface area contributed by atoms with Crippen LogP contribution in [0.15, 0.2) is 11.6 Å². The summed E-state index contributed by atoms with van der Waals surface area (Å²) in [6, 6.07) is 0. The lowest BCUT2D eigenvalue weighted by molar-refractivity contribution is -0.338. The highest BCUT2D eigenvalue weighted by Gasteiger charge is 2.72. The second kappa shape index (κ2) is 15.7. The van der Waals surface area contributed by atoms with Crippen LogP contribution in [0.1, 0.15) is 113 Å². The van der Waals surface area contributed by atoms with Crippen molar-refractivity contribution in [3.8, 4) is 0 Å². The second-order valence-electron chi connectivity index (χ2n) is 20.1. The van der Waals surface area contributed by atoms with E-state index in [0.717, 1.165) is 32.1 Å². The summed E-state index contributed by atoms with van der Waals surface area (Å²) in [5.41, 5.74) is -0.592. The maximum absolute atomic E-state index is 12.5. The molecule has 20 atom stereocenters. The third-order valence-corrected chi connectivity index (χ3v) is 16.7. The fraction of sp³-hybridized carbons (Fsp3) is 0.952. The number of hydrogen-bond acceptors (Lipinski definition) is 13. The van der Waals surface area contributed by atoms with Gasteiger partial charge in [-0.3, -0.25) is 0 Å². The van der Waals surface area contributed by atoms with Gasteiger partial charge in [-0.2, -0.15) is 0 Å². The van der Waals surface area contributed by atoms with Crippen molar-refractivity contribution in [1.29, 1.82) is 0 Å². The Morgan fingerprint density at radius 3 is 1.85 bits per heavy atom. The van der Waals surface area contributed by atoms with Crippen molar-refractivity contribution in [3.05, 3.63) is 11.6 Å². The molecule has 0 aromatic carbocycles. The molecule has 6 rings (SSSR count). The predicted octanol–water partition coefficient (Wildman–Crippen LogP) is 2.15. The summed E-state index contributed by atoms with van der Waals surface area (Å²) in [5.74, 6) is 0.196. The molecule has 55 heavy (non-hydrogen) atoms. The van der Waals surface area contributed by atoms with Crippen LogP contribution in [0.25, 0.3) is 0 Å². The molecule has 9 N–H and O–H groups in total. The molecule has 0 aromatic rings. The maximum Gasteiger partial charge on any atom is 0.187 e. The fourth-order valence-electron chi connectivity index (χ4n) is 13.4. The Bertz CT molecular complexity index is 1370. The Balaban J connectivity index is 1.26. The van der Waals surface area contributed by atoms with E-state index in [0.29, 0.717) is 25.7 Å². The summed E-state index contributed by atoms with van der Waals surface area (Å²) in [6.07, 6.45) is -5.39. The number of ether oxygens (including phenoxy) is 4. The molecule has 318 valence electrons. The van der Waals surface area contributed by atoms with Crippen molar-refractivity contribution in [2.24, 2.45) is 45.3 Å². The van der Waals surface area contributed by atoms with Crippen LogP contribution in [-0.4, -0.2) is 138 Å². The third kappa shape index (κ3) is 7.10. The smallest absolute Gasteiger partial charge is 0.187 e. The van der Waals surface area contributed by atoms with E-state index < -0.39 is 86.3 Å². The highest BCUT2D eigenvalue weighted by atomic mass is 16.7. The van der Waals surface area contributed by atoms with E-state index in [9.17, 15) is 46.0 Å². The Morgan fingerprint density at radius 1 is 0.709 bits per heavy atom. The molecule has 2 heterocycles. The molecule has 2 aliphatic heterocycles. The Morgan fingerprint density at radius 2 is 1.27 bits per heavy atom. The van der Waals surface area contributed by atoms with Crippen LogP contribution in [0.5, 0.6) is 0 Å². The Kier molecular flexibility index (Phi) is 12.5. The van der Waals surface area contributed by atoms with Gasteiger partial charge in [-0.05, 0) is 124 Å². The van der Waals surface area contributed by atoms with Crippen molar-refractivity contribution in [2.45, 2.75) is 192 Å². The first-order chi connectivity index (χ1) is 25.6. The molecule has 18 unspecified atom stereocenters.